The van der Waals surface area contributed by atoms with Crippen LogP contribution in [0.1, 0.15) is 45.0 Å². The highest BCUT2D eigenvalue weighted by Gasteiger charge is 2.36. The molecule has 0 aliphatic heterocycles. The Labute approximate surface area is 124 Å². The summed E-state index contributed by atoms with van der Waals surface area (Å²) in [6.45, 7) is 9.89. The Balaban J connectivity index is 2.05. The second-order valence-electron chi connectivity index (χ2n) is 6.62. The normalized spacial score (nSPS) is 28.6. The Morgan fingerprint density at radius 3 is 2.58 bits per heavy atom. The third-order valence-corrected chi connectivity index (χ3v) is 6.55. The Kier molecular flexibility index (Phi) is 4.90. The van der Waals surface area contributed by atoms with Crippen molar-refractivity contribution in [2.24, 2.45) is 23.0 Å². The van der Waals surface area contributed by atoms with Gasteiger partial charge in [0.1, 0.15) is 5.01 Å². The maximum absolute atomic E-state index is 5.96. The van der Waals surface area contributed by atoms with Gasteiger partial charge >= 0.3 is 0 Å². The number of aromatic nitrogens is 2. The second-order valence-corrected chi connectivity index (χ2v) is 9.28. The van der Waals surface area contributed by atoms with Crippen LogP contribution in [0.2, 0.25) is 0 Å². The first-order valence-corrected chi connectivity index (χ1v) is 8.76. The summed E-state index contributed by atoms with van der Waals surface area (Å²) in [6.07, 6.45) is 3.83. The van der Waals surface area contributed by atoms with Gasteiger partial charge in [-0.2, -0.15) is 0 Å². The molecule has 3 nitrogen and oxygen atoms in total. The van der Waals surface area contributed by atoms with Crippen molar-refractivity contribution in [2.75, 3.05) is 6.54 Å². The lowest BCUT2D eigenvalue weighted by Gasteiger charge is -2.41. The van der Waals surface area contributed by atoms with E-state index in [2.05, 4.69) is 31.0 Å². The van der Waals surface area contributed by atoms with Crippen molar-refractivity contribution in [3.05, 3.63) is 5.01 Å². The Morgan fingerprint density at radius 1 is 1.32 bits per heavy atom. The molecule has 3 atom stereocenters. The molecule has 1 heterocycles. The summed E-state index contributed by atoms with van der Waals surface area (Å²) >= 11 is 3.61. The molecule has 0 amide bonds. The highest BCUT2D eigenvalue weighted by molar-refractivity contribution is 8.01. The largest absolute Gasteiger partial charge is 0.330 e. The first-order valence-electron chi connectivity index (χ1n) is 7.07. The zero-order valence-corrected chi connectivity index (χ0v) is 14.0. The zero-order chi connectivity index (χ0) is 14.0. The number of rotatable bonds is 3. The Hall–Kier alpha value is -0.130. The van der Waals surface area contributed by atoms with Crippen LogP contribution in [0.15, 0.2) is 4.34 Å². The van der Waals surface area contributed by atoms with Crippen LogP contribution in [0.4, 0.5) is 0 Å². The van der Waals surface area contributed by atoms with Gasteiger partial charge in [0, 0.05) is 5.25 Å². The molecule has 0 saturated heterocycles. The van der Waals surface area contributed by atoms with Gasteiger partial charge in [0.2, 0.25) is 0 Å². The highest BCUT2D eigenvalue weighted by Crippen LogP contribution is 2.45. The number of thioether (sulfide) groups is 1. The molecule has 19 heavy (non-hydrogen) atoms. The van der Waals surface area contributed by atoms with E-state index in [1.165, 1.54) is 19.3 Å². The van der Waals surface area contributed by atoms with Gasteiger partial charge in [-0.05, 0) is 50.0 Å². The number of hydrogen-bond donors (Lipinski definition) is 1. The number of nitrogens with zero attached hydrogens (tertiary/aromatic N) is 2. The predicted molar refractivity (Wildman–Crippen MR) is 83.6 cm³/mol. The molecule has 0 radical (unpaired) electrons. The molecule has 0 bridgehead atoms. The molecule has 3 unspecified atom stereocenters. The van der Waals surface area contributed by atoms with Crippen molar-refractivity contribution in [3.63, 3.8) is 0 Å². The van der Waals surface area contributed by atoms with Crippen LogP contribution in [-0.4, -0.2) is 22.0 Å². The Bertz CT molecular complexity index is 411. The lowest BCUT2D eigenvalue weighted by molar-refractivity contribution is 0.157. The minimum Gasteiger partial charge on any atom is -0.330 e. The van der Waals surface area contributed by atoms with E-state index in [-0.39, 0.29) is 0 Å². The minimum absolute atomic E-state index is 0.398. The molecule has 1 saturated carbocycles. The van der Waals surface area contributed by atoms with E-state index in [0.717, 1.165) is 21.8 Å². The van der Waals surface area contributed by atoms with E-state index in [9.17, 15) is 0 Å². The van der Waals surface area contributed by atoms with Crippen molar-refractivity contribution in [3.8, 4) is 0 Å². The summed E-state index contributed by atoms with van der Waals surface area (Å²) in [5.41, 5.74) is 6.36. The van der Waals surface area contributed by atoms with Gasteiger partial charge in [0.15, 0.2) is 4.34 Å². The molecule has 108 valence electrons. The van der Waals surface area contributed by atoms with Crippen LogP contribution in [0.5, 0.6) is 0 Å². The van der Waals surface area contributed by atoms with Crippen LogP contribution < -0.4 is 5.73 Å². The van der Waals surface area contributed by atoms with Crippen molar-refractivity contribution in [1.29, 1.82) is 0 Å². The van der Waals surface area contributed by atoms with Crippen molar-refractivity contribution < 1.29 is 0 Å². The van der Waals surface area contributed by atoms with Crippen LogP contribution >= 0.6 is 23.1 Å². The Morgan fingerprint density at radius 2 is 2.05 bits per heavy atom. The smallest absolute Gasteiger partial charge is 0.174 e. The second kappa shape index (κ2) is 6.10. The zero-order valence-electron chi connectivity index (χ0n) is 12.3. The van der Waals surface area contributed by atoms with Crippen molar-refractivity contribution >= 4 is 23.1 Å². The van der Waals surface area contributed by atoms with Crippen LogP contribution in [-0.2, 0) is 0 Å². The van der Waals surface area contributed by atoms with E-state index in [4.69, 9.17) is 5.73 Å². The molecular formula is C14H25N3S2. The fourth-order valence-electron chi connectivity index (χ4n) is 2.85. The average molecular weight is 300 g/mol. The molecule has 2 N–H and O–H groups in total. The van der Waals surface area contributed by atoms with Gasteiger partial charge in [-0.1, -0.05) is 43.9 Å². The summed E-state index contributed by atoms with van der Waals surface area (Å²) in [5, 5.41) is 10.0. The van der Waals surface area contributed by atoms with Gasteiger partial charge < -0.3 is 5.73 Å². The standard InChI is InChI=1S/C14H25N3S2/c1-9-16-17-13(18-9)19-12-7-11(14(2,3)4)6-5-10(12)8-15/h10-12H,5-8,15H2,1-4H3. The maximum atomic E-state index is 5.96. The molecule has 5 heteroatoms. The fraction of sp³-hybridized carbons (Fsp3) is 0.857. The molecule has 2 rings (SSSR count). The summed E-state index contributed by atoms with van der Waals surface area (Å²) < 4.78 is 1.11. The predicted octanol–water partition coefficient (Wildman–Crippen LogP) is 3.73. The third kappa shape index (κ3) is 3.92. The summed E-state index contributed by atoms with van der Waals surface area (Å²) in [7, 11) is 0. The quantitative estimate of drug-likeness (QED) is 0.924. The summed E-state index contributed by atoms with van der Waals surface area (Å²) in [4.78, 5) is 0. The maximum Gasteiger partial charge on any atom is 0.174 e. The number of hydrogen-bond acceptors (Lipinski definition) is 5. The van der Waals surface area contributed by atoms with Gasteiger partial charge in [0.05, 0.1) is 0 Å². The lowest BCUT2D eigenvalue weighted by Crippen LogP contribution is -2.36. The van der Waals surface area contributed by atoms with Gasteiger partial charge in [-0.15, -0.1) is 10.2 Å². The SMILES string of the molecule is Cc1nnc(SC2CC(C(C)(C)C)CCC2CN)s1. The molecule has 1 aliphatic rings. The third-order valence-electron chi connectivity index (χ3n) is 4.22. The minimum atomic E-state index is 0.398. The van der Waals surface area contributed by atoms with E-state index >= 15 is 0 Å². The van der Waals surface area contributed by atoms with E-state index in [0.29, 0.717) is 16.6 Å². The number of nitrogens with two attached hydrogens (primary N) is 1. The van der Waals surface area contributed by atoms with Gasteiger partial charge in [-0.25, -0.2) is 0 Å². The fourth-order valence-corrected chi connectivity index (χ4v) is 5.30. The molecule has 1 aromatic heterocycles. The molecule has 1 aromatic rings. The van der Waals surface area contributed by atoms with Crippen LogP contribution in [0.25, 0.3) is 0 Å². The molecular weight excluding hydrogens is 274 g/mol. The summed E-state index contributed by atoms with van der Waals surface area (Å²) in [6, 6.07) is 0. The first kappa shape index (κ1) is 15.3. The van der Waals surface area contributed by atoms with Crippen molar-refractivity contribution in [2.45, 2.75) is 56.5 Å². The molecule has 1 fully saturated rings. The van der Waals surface area contributed by atoms with E-state index < -0.39 is 0 Å². The van der Waals surface area contributed by atoms with Gasteiger partial charge in [-0.3, -0.25) is 0 Å². The van der Waals surface area contributed by atoms with E-state index in [1.54, 1.807) is 11.3 Å². The highest BCUT2D eigenvalue weighted by atomic mass is 32.2. The number of aryl methyl sites for hydroxylation is 1. The van der Waals surface area contributed by atoms with Crippen LogP contribution in [0.3, 0.4) is 0 Å². The summed E-state index contributed by atoms with van der Waals surface area (Å²) in [5.74, 6) is 1.43. The van der Waals surface area contributed by atoms with E-state index in [1.807, 2.05) is 18.7 Å². The molecule has 1 aliphatic carbocycles. The van der Waals surface area contributed by atoms with Crippen LogP contribution in [0, 0.1) is 24.2 Å². The van der Waals surface area contributed by atoms with Gasteiger partial charge in [0.25, 0.3) is 0 Å². The molecule has 0 aromatic carbocycles. The average Bonchev–Trinajstić information content (AvgIpc) is 2.73. The van der Waals surface area contributed by atoms with Crippen molar-refractivity contribution in [1.82, 2.24) is 10.2 Å². The topological polar surface area (TPSA) is 51.8 Å². The monoisotopic (exact) mass is 299 g/mol. The first-order chi connectivity index (χ1) is 8.90. The molecule has 0 spiro atoms. The lowest BCUT2D eigenvalue weighted by atomic mass is 9.69.